The Morgan fingerprint density at radius 2 is 0.843 bits per heavy atom. The third-order valence-corrected chi connectivity index (χ3v) is 6.78. The molecule has 0 saturated heterocycles. The molecule has 0 fully saturated rings. The highest BCUT2D eigenvalue weighted by Gasteiger charge is 2.19. The molecule has 10 heteroatoms. The second-order valence-corrected chi connectivity index (χ2v) is 9.93. The third-order valence-electron chi connectivity index (χ3n) is 6.78. The molecular formula is C41H50N6O4. The second kappa shape index (κ2) is 16.5. The Balaban J connectivity index is -0.000000202. The molecule has 10 nitrogen and oxygen atoms in total. The van der Waals surface area contributed by atoms with Gasteiger partial charge in [-0.2, -0.15) is 0 Å². The Morgan fingerprint density at radius 1 is 0.510 bits per heavy atom. The van der Waals surface area contributed by atoms with Crippen molar-refractivity contribution < 1.29 is 41.1 Å². The van der Waals surface area contributed by atoms with Gasteiger partial charge in [-0.1, -0.05) is 36.1 Å². The molecule has 0 aliphatic carbocycles. The largest absolute Gasteiger partial charge is 0.505 e. The number of hydrogen-bond donors (Lipinski definition) is 2. The monoisotopic (exact) mass is 690 g/mol. The van der Waals surface area contributed by atoms with Crippen LogP contribution < -0.4 is 0 Å². The van der Waals surface area contributed by atoms with Crippen molar-refractivity contribution in [3.8, 4) is 119 Å². The van der Waals surface area contributed by atoms with Gasteiger partial charge >= 0.3 is 0 Å². The molecule has 0 amide bonds. The number of phenolic OH excluding ortho intramolecular Hbond substituents is 2. The molecule has 4 aromatic carbocycles. The fourth-order valence-electron chi connectivity index (χ4n) is 4.68. The lowest BCUT2D eigenvalue weighted by atomic mass is 9.97. The number of aromatic hydroxyl groups is 2. The van der Waals surface area contributed by atoms with Crippen LogP contribution in [0.15, 0.2) is 72.8 Å². The van der Waals surface area contributed by atoms with Gasteiger partial charge in [0, 0.05) is 48.6 Å². The van der Waals surface area contributed by atoms with Gasteiger partial charge in [0.2, 0.25) is 0 Å². The Hall–Kier alpha value is -8.32. The fraction of sp³-hybridized carbons (Fsp3) is 0.0244. The highest BCUT2D eigenvalue weighted by Crippen LogP contribution is 2.34. The van der Waals surface area contributed by atoms with E-state index in [0.29, 0.717) is 44.3 Å². The first kappa shape index (κ1) is 35.5. The average Bonchev–Trinajstić information content (AvgIpc) is 3.75. The molecule has 0 saturated carbocycles. The molecule has 0 atom stereocenters. The molecule has 51 heavy (non-hydrogen) atoms. The van der Waals surface area contributed by atoms with Crippen LogP contribution in [0.3, 0.4) is 0 Å². The molecule has 6 rings (SSSR count). The van der Waals surface area contributed by atoms with E-state index >= 15 is 0 Å². The van der Waals surface area contributed by atoms with E-state index in [1.54, 1.807) is 24.3 Å². The zero-order chi connectivity index (χ0) is 34.0. The topological polar surface area (TPSA) is 165 Å². The maximum Gasteiger partial charge on any atom is 0.146 e. The first-order chi connectivity index (χ1) is 24.0. The van der Waals surface area contributed by atoms with E-state index in [2.05, 4.69) is 103 Å². The van der Waals surface area contributed by atoms with Crippen LogP contribution in [-0.4, -0.2) is 51.2 Å². The summed E-state index contributed by atoms with van der Waals surface area (Å²) in [4.78, 5) is 2.68. The lowest BCUT2D eigenvalue weighted by molar-refractivity contribution is 0.455. The van der Waals surface area contributed by atoms with Gasteiger partial charge < -0.3 is 21.2 Å². The maximum absolute atomic E-state index is 11.6. The Morgan fingerprint density at radius 3 is 1.20 bits per heavy atom. The molecule has 2 aromatic heterocycles. The van der Waals surface area contributed by atoms with Crippen LogP contribution in [0.2, 0.25) is 0 Å². The van der Waals surface area contributed by atoms with E-state index in [9.17, 15) is 10.2 Å². The number of aromatic nitrogens is 6. The number of hydrogen-bond acceptors (Lipinski definition) is 6. The van der Waals surface area contributed by atoms with E-state index < -0.39 is 0 Å². The van der Waals surface area contributed by atoms with Crippen molar-refractivity contribution in [1.29, 1.82) is 0 Å². The summed E-state index contributed by atoms with van der Waals surface area (Å²) in [6, 6.07) is 21.3. The van der Waals surface area contributed by atoms with Crippen LogP contribution in [0.25, 0.3) is 33.4 Å². The summed E-state index contributed by atoms with van der Waals surface area (Å²) < 4.78 is 0. The van der Waals surface area contributed by atoms with E-state index in [4.69, 9.17) is 12.8 Å². The van der Waals surface area contributed by atoms with Crippen molar-refractivity contribution in [2.24, 2.45) is 0 Å². The quantitative estimate of drug-likeness (QED) is 0.218. The number of benzene rings is 4. The lowest BCUT2D eigenvalue weighted by Gasteiger charge is -2.14. The predicted molar refractivity (Wildman–Crippen MR) is 223 cm³/mol. The van der Waals surface area contributed by atoms with Crippen LogP contribution in [-0.2, 0) is 6.42 Å². The Kier molecular flexibility index (Phi) is 11.5. The van der Waals surface area contributed by atoms with Crippen LogP contribution in [0.5, 0.6) is 11.5 Å². The molecule has 268 valence electrons. The Labute approximate surface area is 313 Å². The highest BCUT2D eigenvalue weighted by molar-refractivity contribution is 5.75. The number of rotatable bonds is 4. The number of terminal acetylenes is 2. The van der Waals surface area contributed by atoms with Crippen molar-refractivity contribution in [1.82, 2.24) is 30.0 Å². The van der Waals surface area contributed by atoms with Crippen LogP contribution in [0.4, 0.5) is 0 Å². The van der Waals surface area contributed by atoms with Gasteiger partial charge in [0.1, 0.15) is 44.9 Å². The minimum Gasteiger partial charge on any atom is -0.505 e. The molecular weight excluding hydrogens is 640 g/mol. The van der Waals surface area contributed by atoms with Gasteiger partial charge in [-0.3, -0.25) is 0 Å². The summed E-state index contributed by atoms with van der Waals surface area (Å²) in [5.41, 5.74) is 4.93. The minimum atomic E-state index is -0.116. The first-order valence-corrected chi connectivity index (χ1v) is 14.3. The smallest absolute Gasteiger partial charge is 0.146 e. The predicted octanol–water partition coefficient (Wildman–Crippen LogP) is 5.93. The van der Waals surface area contributed by atoms with Gasteiger partial charge in [0.25, 0.3) is 0 Å². The second-order valence-electron chi connectivity index (χ2n) is 9.93. The van der Waals surface area contributed by atoms with Crippen molar-refractivity contribution in [3.63, 3.8) is 0 Å². The standard InChI is InChI=1S/C41H18N6O2.2H2O.14H2/c1-3-5-7-9-11-13-19-30-25-32(40(48)38(27-30)46-42-34-21-15-16-22-35(34)43-46)29-33-26-31(20-14-12-10-8-6-4-2)28-39(41(33)49)47-44-36-23-17-18-24-37(36)45-47;;;;;;;;;;;;;;;;/h1-2,15-18,21-28,48-49H,29H2;2*1H2;14*1H. The van der Waals surface area contributed by atoms with Gasteiger partial charge in [0.05, 0.1) is 0 Å². The molecule has 2 heterocycles. The van der Waals surface area contributed by atoms with Crippen LogP contribution >= 0.6 is 0 Å². The summed E-state index contributed by atoms with van der Waals surface area (Å²) in [5, 5.41) is 41.4. The van der Waals surface area contributed by atoms with Crippen molar-refractivity contribution in [3.05, 3.63) is 95.1 Å². The molecule has 6 aromatic rings. The minimum absolute atomic E-state index is 0. The molecule has 0 aliphatic heterocycles. The van der Waals surface area contributed by atoms with Crippen molar-refractivity contribution in [2.75, 3.05) is 0 Å². The van der Waals surface area contributed by atoms with Crippen LogP contribution in [0.1, 0.15) is 42.2 Å². The first-order valence-electron chi connectivity index (χ1n) is 14.3. The highest BCUT2D eigenvalue weighted by atomic mass is 16.3. The fourth-order valence-corrected chi connectivity index (χ4v) is 4.68. The lowest BCUT2D eigenvalue weighted by Crippen LogP contribution is -2.04. The van der Waals surface area contributed by atoms with E-state index in [0.717, 1.165) is 0 Å². The molecule has 0 aliphatic rings. The molecule has 0 unspecified atom stereocenters. The average molecular weight is 691 g/mol. The van der Waals surface area contributed by atoms with Gasteiger partial charge in [-0.15, -0.1) is 42.8 Å². The van der Waals surface area contributed by atoms with E-state index in [-0.39, 0.29) is 60.2 Å². The molecule has 6 N–H and O–H groups in total. The zero-order valence-corrected chi connectivity index (χ0v) is 26.4. The van der Waals surface area contributed by atoms with E-state index in [1.165, 1.54) is 9.59 Å². The Bertz CT molecular complexity index is 2590. The van der Waals surface area contributed by atoms with Gasteiger partial charge in [0.15, 0.2) is 0 Å². The zero-order valence-electron chi connectivity index (χ0n) is 26.4. The molecule has 0 radical (unpaired) electrons. The normalized spacial score (nSPS) is 8.90. The summed E-state index contributed by atoms with van der Waals surface area (Å²) in [7, 11) is 0. The van der Waals surface area contributed by atoms with Gasteiger partial charge in [-0.25, -0.2) is 0 Å². The SMILES string of the molecule is C#CC#CC#CC#Cc1cc(Cc2cc(C#CC#CC#CC#C)cc(-n3nc4ccccc4n3)c2O)c(O)c(-n2nc3ccccc3n2)c1.O.O.[HH].[HH].[HH].[HH].[HH].[HH].[HH].[HH].[HH].[HH].[HH].[HH].[HH].[HH]. The summed E-state index contributed by atoms with van der Waals surface area (Å²) in [6.07, 6.45) is 10.3. The summed E-state index contributed by atoms with van der Waals surface area (Å²) in [6.45, 7) is 0. The number of nitrogens with zero attached hydrogens (tertiary/aromatic N) is 6. The van der Waals surface area contributed by atoms with Crippen molar-refractivity contribution >= 4 is 22.1 Å². The summed E-state index contributed by atoms with van der Waals surface area (Å²) in [5.74, 6) is 35.8. The van der Waals surface area contributed by atoms with E-state index in [1.807, 2.05) is 48.5 Å². The van der Waals surface area contributed by atoms with Gasteiger partial charge in [-0.05, 0) is 120 Å². The van der Waals surface area contributed by atoms with Crippen LogP contribution in [0, 0.1) is 95.7 Å². The number of phenols is 2. The molecule has 0 bridgehead atoms. The summed E-state index contributed by atoms with van der Waals surface area (Å²) >= 11 is 0. The molecule has 0 spiro atoms. The third kappa shape index (κ3) is 8.16. The number of fused-ring (bicyclic) bond motifs is 2. The van der Waals surface area contributed by atoms with Crippen molar-refractivity contribution in [2.45, 2.75) is 6.42 Å². The maximum atomic E-state index is 11.6.